The van der Waals surface area contributed by atoms with Crippen molar-refractivity contribution >= 4 is 21.2 Å². The van der Waals surface area contributed by atoms with Crippen LogP contribution in [0.3, 0.4) is 0 Å². The van der Waals surface area contributed by atoms with E-state index in [-0.39, 0.29) is 17.1 Å². The molecule has 1 aromatic carbocycles. The molecule has 0 saturated carbocycles. The number of sulfone groups is 1. The van der Waals surface area contributed by atoms with Crippen molar-refractivity contribution in [1.29, 1.82) is 0 Å². The smallest absolute Gasteiger partial charge is 0.182 e. The minimum atomic E-state index is -3.34. The highest BCUT2D eigenvalue weighted by molar-refractivity contribution is 7.92. The molecule has 1 aliphatic heterocycles. The maximum absolute atomic E-state index is 12.2. The summed E-state index contributed by atoms with van der Waals surface area (Å²) in [7, 11) is -3.34. The van der Waals surface area contributed by atoms with Gasteiger partial charge in [-0.25, -0.2) is 8.42 Å². The van der Waals surface area contributed by atoms with E-state index in [2.05, 4.69) is 4.90 Å². The van der Waals surface area contributed by atoms with Crippen LogP contribution in [0.15, 0.2) is 23.1 Å². The third-order valence-electron chi connectivity index (χ3n) is 3.71. The highest BCUT2D eigenvalue weighted by Gasteiger charge is 2.25. The standard InChI is InChI=1S/C15H24N2O3S/c1-10(2)21(18,19)15-6-5-13(7-14(15)16)17-8-11(3)20-12(4)9-17/h5-7,10-12H,8-9,16H2,1-4H3/t11-,12+. The number of nitrogens with zero attached hydrogens (tertiary/aromatic N) is 1. The molecule has 0 radical (unpaired) electrons. The summed E-state index contributed by atoms with van der Waals surface area (Å²) in [6, 6.07) is 5.20. The Morgan fingerprint density at radius 2 is 1.81 bits per heavy atom. The van der Waals surface area contributed by atoms with Gasteiger partial charge >= 0.3 is 0 Å². The van der Waals surface area contributed by atoms with Crippen molar-refractivity contribution in [1.82, 2.24) is 0 Å². The van der Waals surface area contributed by atoms with E-state index in [0.717, 1.165) is 18.8 Å². The van der Waals surface area contributed by atoms with Crippen LogP contribution in [0.4, 0.5) is 11.4 Å². The second kappa shape index (κ2) is 5.85. The molecule has 118 valence electrons. The first-order chi connectivity index (χ1) is 9.71. The molecule has 21 heavy (non-hydrogen) atoms. The topological polar surface area (TPSA) is 72.6 Å². The maximum atomic E-state index is 12.2. The van der Waals surface area contributed by atoms with E-state index in [0.29, 0.717) is 5.69 Å². The fourth-order valence-electron chi connectivity index (χ4n) is 2.63. The molecule has 1 heterocycles. The van der Waals surface area contributed by atoms with Gasteiger partial charge in [-0.05, 0) is 45.9 Å². The second-order valence-corrected chi connectivity index (χ2v) is 8.45. The van der Waals surface area contributed by atoms with Crippen LogP contribution in [-0.2, 0) is 14.6 Å². The highest BCUT2D eigenvalue weighted by atomic mass is 32.2. The van der Waals surface area contributed by atoms with Gasteiger partial charge in [0.15, 0.2) is 9.84 Å². The van der Waals surface area contributed by atoms with E-state index in [4.69, 9.17) is 10.5 Å². The fourth-order valence-corrected chi connectivity index (χ4v) is 3.79. The van der Waals surface area contributed by atoms with E-state index >= 15 is 0 Å². The van der Waals surface area contributed by atoms with E-state index in [9.17, 15) is 8.42 Å². The summed E-state index contributed by atoms with van der Waals surface area (Å²) >= 11 is 0. The Morgan fingerprint density at radius 1 is 1.24 bits per heavy atom. The minimum absolute atomic E-state index is 0.147. The summed E-state index contributed by atoms with van der Waals surface area (Å²) in [4.78, 5) is 2.40. The maximum Gasteiger partial charge on any atom is 0.182 e. The van der Waals surface area contributed by atoms with Crippen LogP contribution in [0.25, 0.3) is 0 Å². The number of morpholine rings is 1. The molecule has 2 rings (SSSR count). The molecule has 1 aromatic rings. The molecule has 0 bridgehead atoms. The molecular weight excluding hydrogens is 288 g/mol. The normalized spacial score (nSPS) is 23.6. The molecule has 1 aliphatic rings. The predicted octanol–water partition coefficient (Wildman–Crippen LogP) is 2.06. The van der Waals surface area contributed by atoms with Gasteiger partial charge in [-0.3, -0.25) is 0 Å². The molecular formula is C15H24N2O3S. The van der Waals surface area contributed by atoms with Crippen molar-refractivity contribution in [3.8, 4) is 0 Å². The zero-order valence-electron chi connectivity index (χ0n) is 13.0. The number of anilines is 2. The van der Waals surface area contributed by atoms with Crippen molar-refractivity contribution in [3.05, 3.63) is 18.2 Å². The molecule has 2 atom stereocenters. The lowest BCUT2D eigenvalue weighted by atomic mass is 10.2. The van der Waals surface area contributed by atoms with Crippen molar-refractivity contribution < 1.29 is 13.2 Å². The first kappa shape index (κ1) is 16.1. The zero-order valence-corrected chi connectivity index (χ0v) is 13.9. The van der Waals surface area contributed by atoms with Crippen LogP contribution in [0.1, 0.15) is 27.7 Å². The van der Waals surface area contributed by atoms with Gasteiger partial charge in [-0.15, -0.1) is 0 Å². The molecule has 2 N–H and O–H groups in total. The first-order valence-corrected chi connectivity index (χ1v) is 8.80. The number of hydrogen-bond acceptors (Lipinski definition) is 5. The largest absolute Gasteiger partial charge is 0.398 e. The Morgan fingerprint density at radius 3 is 2.29 bits per heavy atom. The van der Waals surface area contributed by atoms with Gasteiger partial charge in [0.2, 0.25) is 0 Å². The van der Waals surface area contributed by atoms with Crippen LogP contribution < -0.4 is 10.6 Å². The zero-order chi connectivity index (χ0) is 15.8. The lowest BCUT2D eigenvalue weighted by Gasteiger charge is -2.37. The van der Waals surface area contributed by atoms with Gasteiger partial charge in [-0.1, -0.05) is 0 Å². The molecule has 0 aliphatic carbocycles. The van der Waals surface area contributed by atoms with Gasteiger partial charge in [0.25, 0.3) is 0 Å². The number of hydrogen-bond donors (Lipinski definition) is 1. The highest BCUT2D eigenvalue weighted by Crippen LogP contribution is 2.29. The molecule has 0 amide bonds. The molecule has 0 aromatic heterocycles. The summed E-state index contributed by atoms with van der Waals surface area (Å²) in [5.41, 5.74) is 7.24. The summed E-state index contributed by atoms with van der Waals surface area (Å²) in [5.74, 6) is 0. The fraction of sp³-hybridized carbons (Fsp3) is 0.600. The molecule has 1 fully saturated rings. The molecule has 1 saturated heterocycles. The lowest BCUT2D eigenvalue weighted by Crippen LogP contribution is -2.45. The molecule has 6 heteroatoms. The monoisotopic (exact) mass is 312 g/mol. The Balaban J connectivity index is 2.31. The second-order valence-electron chi connectivity index (χ2n) is 5.98. The van der Waals surface area contributed by atoms with Crippen molar-refractivity contribution in [3.63, 3.8) is 0 Å². The van der Waals surface area contributed by atoms with E-state index in [1.165, 1.54) is 0 Å². The van der Waals surface area contributed by atoms with Gasteiger partial charge in [0, 0.05) is 18.8 Å². The van der Waals surface area contributed by atoms with Gasteiger partial charge in [-0.2, -0.15) is 0 Å². The number of rotatable bonds is 3. The summed E-state index contributed by atoms with van der Waals surface area (Å²) in [5, 5.41) is -0.478. The third kappa shape index (κ3) is 3.32. The number of nitrogen functional groups attached to an aromatic ring is 1. The first-order valence-electron chi connectivity index (χ1n) is 7.25. The Bertz CT molecular complexity index is 603. The predicted molar refractivity (Wildman–Crippen MR) is 85.4 cm³/mol. The molecule has 0 unspecified atom stereocenters. The third-order valence-corrected chi connectivity index (χ3v) is 5.93. The van der Waals surface area contributed by atoms with Gasteiger partial charge in [0.05, 0.1) is 28.0 Å². The average Bonchev–Trinajstić information content (AvgIpc) is 2.36. The Hall–Kier alpha value is -1.27. The quantitative estimate of drug-likeness (QED) is 0.865. The summed E-state index contributed by atoms with van der Waals surface area (Å²) in [6.45, 7) is 8.94. The minimum Gasteiger partial charge on any atom is -0.398 e. The SMILES string of the molecule is CC(C)S(=O)(=O)c1ccc(N2C[C@@H](C)O[C@@H](C)C2)cc1N. The van der Waals surface area contributed by atoms with Crippen LogP contribution in [0, 0.1) is 0 Å². The lowest BCUT2D eigenvalue weighted by molar-refractivity contribution is -0.00521. The van der Waals surface area contributed by atoms with Gasteiger partial charge < -0.3 is 15.4 Å². The van der Waals surface area contributed by atoms with Crippen molar-refractivity contribution in [2.45, 2.75) is 50.0 Å². The number of ether oxygens (including phenoxy) is 1. The van der Waals surface area contributed by atoms with Crippen LogP contribution >= 0.6 is 0 Å². The van der Waals surface area contributed by atoms with E-state index < -0.39 is 15.1 Å². The Kier molecular flexibility index (Phi) is 4.49. The molecule has 5 nitrogen and oxygen atoms in total. The van der Waals surface area contributed by atoms with E-state index in [1.54, 1.807) is 26.0 Å². The molecule has 0 spiro atoms. The summed E-state index contributed by atoms with van der Waals surface area (Å²) in [6.07, 6.45) is 0.295. The number of nitrogens with two attached hydrogens (primary N) is 1. The van der Waals surface area contributed by atoms with Crippen molar-refractivity contribution in [2.75, 3.05) is 23.7 Å². The van der Waals surface area contributed by atoms with Crippen molar-refractivity contribution in [2.24, 2.45) is 0 Å². The van der Waals surface area contributed by atoms with Crippen LogP contribution in [-0.4, -0.2) is 39.0 Å². The van der Waals surface area contributed by atoms with Gasteiger partial charge in [0.1, 0.15) is 0 Å². The van der Waals surface area contributed by atoms with Crippen LogP contribution in [0.2, 0.25) is 0 Å². The van der Waals surface area contributed by atoms with E-state index in [1.807, 2.05) is 19.9 Å². The number of benzene rings is 1. The average molecular weight is 312 g/mol. The Labute approximate surface area is 127 Å². The summed E-state index contributed by atoms with van der Waals surface area (Å²) < 4.78 is 30.2. The van der Waals surface area contributed by atoms with Crippen LogP contribution in [0.5, 0.6) is 0 Å².